The lowest BCUT2D eigenvalue weighted by molar-refractivity contribution is -0.117. The summed E-state index contributed by atoms with van der Waals surface area (Å²) >= 11 is 0. The first-order chi connectivity index (χ1) is 9.31. The van der Waals surface area contributed by atoms with Crippen LogP contribution in [0.3, 0.4) is 0 Å². The fraction of sp³-hybridized carbons (Fsp3) is 0.500. The Kier molecular flexibility index (Phi) is 3.19. The molecule has 9 heteroatoms. The third-order valence-corrected chi connectivity index (χ3v) is 2.82. The Morgan fingerprint density at radius 3 is 3.26 bits per heavy atom. The maximum Gasteiger partial charge on any atom is 0.322 e. The zero-order valence-electron chi connectivity index (χ0n) is 10.1. The van der Waals surface area contributed by atoms with Gasteiger partial charge in [0.2, 0.25) is 11.8 Å². The molecule has 0 aromatic carbocycles. The average molecular weight is 263 g/mol. The largest absolute Gasteiger partial charge is 0.406 e. The molecule has 3 rings (SSSR count). The van der Waals surface area contributed by atoms with Crippen LogP contribution in [0.15, 0.2) is 16.8 Å². The Bertz CT molecular complexity index is 544. The van der Waals surface area contributed by atoms with Gasteiger partial charge in [-0.2, -0.15) is 0 Å². The van der Waals surface area contributed by atoms with E-state index in [1.807, 2.05) is 0 Å². The summed E-state index contributed by atoms with van der Waals surface area (Å²) in [4.78, 5) is 11.7. The lowest BCUT2D eigenvalue weighted by Gasteiger charge is -2.02. The predicted octanol–water partition coefficient (Wildman–Crippen LogP) is -0.276. The van der Waals surface area contributed by atoms with Crippen molar-refractivity contribution in [2.75, 3.05) is 11.9 Å². The second-order valence-corrected chi connectivity index (χ2v) is 4.24. The van der Waals surface area contributed by atoms with Crippen LogP contribution in [-0.2, 0) is 11.3 Å². The zero-order chi connectivity index (χ0) is 13.1. The van der Waals surface area contributed by atoms with Gasteiger partial charge in [-0.1, -0.05) is 10.3 Å². The monoisotopic (exact) mass is 263 g/mol. The molecular formula is C10H13N7O2. The van der Waals surface area contributed by atoms with Crippen LogP contribution < -0.4 is 10.6 Å². The lowest BCUT2D eigenvalue weighted by atomic mass is 10.2. The van der Waals surface area contributed by atoms with Crippen molar-refractivity contribution in [2.24, 2.45) is 0 Å². The molecule has 3 heterocycles. The van der Waals surface area contributed by atoms with Crippen LogP contribution in [0.1, 0.15) is 24.8 Å². The molecule has 1 fully saturated rings. The lowest BCUT2D eigenvalue weighted by Crippen LogP contribution is -2.19. The Hall–Kier alpha value is -2.29. The second-order valence-electron chi connectivity index (χ2n) is 4.24. The number of nitrogens with zero attached hydrogens (tertiary/aromatic N) is 5. The molecule has 1 atom stereocenters. The van der Waals surface area contributed by atoms with Crippen LogP contribution >= 0.6 is 0 Å². The molecule has 19 heavy (non-hydrogen) atoms. The van der Waals surface area contributed by atoms with E-state index in [9.17, 15) is 4.79 Å². The SMILES string of the molecule is O=C(Cn1ccnn1)Nc1nnc(C2CCCN2)o1. The molecule has 1 aliphatic rings. The summed E-state index contributed by atoms with van der Waals surface area (Å²) in [6.07, 6.45) is 5.15. The van der Waals surface area contributed by atoms with E-state index in [-0.39, 0.29) is 24.5 Å². The summed E-state index contributed by atoms with van der Waals surface area (Å²) in [5.41, 5.74) is 0. The molecule has 1 aliphatic heterocycles. The van der Waals surface area contributed by atoms with Gasteiger partial charge < -0.3 is 9.73 Å². The molecule has 0 saturated carbocycles. The fourth-order valence-corrected chi connectivity index (χ4v) is 1.94. The first-order valence-corrected chi connectivity index (χ1v) is 6.02. The normalized spacial score (nSPS) is 18.6. The standard InChI is InChI=1S/C10H13N7O2/c18-8(6-17-5-4-12-16-17)13-10-15-14-9(19-10)7-2-1-3-11-7/h4-5,7,11H,1-3,6H2,(H,13,15,18). The molecule has 0 spiro atoms. The van der Waals surface area contributed by atoms with E-state index in [1.54, 1.807) is 6.20 Å². The first-order valence-electron chi connectivity index (χ1n) is 6.02. The van der Waals surface area contributed by atoms with E-state index in [0.29, 0.717) is 5.89 Å². The molecule has 1 unspecified atom stereocenters. The Labute approximate surface area is 108 Å². The van der Waals surface area contributed by atoms with Gasteiger partial charge in [-0.05, 0) is 19.4 Å². The van der Waals surface area contributed by atoms with E-state index in [0.717, 1.165) is 19.4 Å². The zero-order valence-corrected chi connectivity index (χ0v) is 10.1. The molecule has 1 amide bonds. The maximum absolute atomic E-state index is 11.7. The topological polar surface area (TPSA) is 111 Å². The number of aromatic nitrogens is 5. The number of anilines is 1. The molecule has 9 nitrogen and oxygen atoms in total. The van der Waals surface area contributed by atoms with Gasteiger partial charge in [0.05, 0.1) is 12.2 Å². The van der Waals surface area contributed by atoms with Gasteiger partial charge >= 0.3 is 6.01 Å². The molecular weight excluding hydrogens is 250 g/mol. The summed E-state index contributed by atoms with van der Waals surface area (Å²) in [7, 11) is 0. The third-order valence-electron chi connectivity index (χ3n) is 2.82. The van der Waals surface area contributed by atoms with E-state index in [4.69, 9.17) is 4.42 Å². The minimum Gasteiger partial charge on any atom is -0.406 e. The van der Waals surface area contributed by atoms with Crippen molar-refractivity contribution in [3.63, 3.8) is 0 Å². The van der Waals surface area contributed by atoms with Gasteiger partial charge in [-0.3, -0.25) is 10.1 Å². The maximum atomic E-state index is 11.7. The summed E-state index contributed by atoms with van der Waals surface area (Å²) in [6, 6.07) is 0.197. The first kappa shape index (κ1) is 11.8. The van der Waals surface area contributed by atoms with Gasteiger partial charge in [0.1, 0.15) is 6.54 Å². The van der Waals surface area contributed by atoms with Crippen molar-refractivity contribution < 1.29 is 9.21 Å². The van der Waals surface area contributed by atoms with Gasteiger partial charge in [-0.15, -0.1) is 10.2 Å². The van der Waals surface area contributed by atoms with Crippen molar-refractivity contribution in [1.29, 1.82) is 0 Å². The van der Waals surface area contributed by atoms with Gasteiger partial charge in [0.25, 0.3) is 0 Å². The van der Waals surface area contributed by atoms with E-state index < -0.39 is 0 Å². The van der Waals surface area contributed by atoms with Crippen LogP contribution in [0.25, 0.3) is 0 Å². The number of rotatable bonds is 4. The molecule has 1 saturated heterocycles. The number of hydrogen-bond acceptors (Lipinski definition) is 7. The number of hydrogen-bond donors (Lipinski definition) is 2. The van der Waals surface area contributed by atoms with Gasteiger partial charge in [0.15, 0.2) is 0 Å². The summed E-state index contributed by atoms with van der Waals surface area (Å²) in [6.45, 7) is 1.00. The van der Waals surface area contributed by atoms with E-state index >= 15 is 0 Å². The molecule has 100 valence electrons. The van der Waals surface area contributed by atoms with Crippen molar-refractivity contribution in [3.05, 3.63) is 18.3 Å². The summed E-state index contributed by atoms with van der Waals surface area (Å²) in [5, 5.41) is 20.8. The van der Waals surface area contributed by atoms with Crippen molar-refractivity contribution in [2.45, 2.75) is 25.4 Å². The average Bonchev–Trinajstić information content (AvgIpc) is 3.09. The quantitative estimate of drug-likeness (QED) is 0.780. The number of carbonyl (C=O) groups is 1. The highest BCUT2D eigenvalue weighted by Gasteiger charge is 2.22. The molecule has 0 radical (unpaired) electrons. The highest BCUT2D eigenvalue weighted by Crippen LogP contribution is 2.22. The van der Waals surface area contributed by atoms with E-state index in [2.05, 4.69) is 31.1 Å². The molecule has 0 bridgehead atoms. The van der Waals surface area contributed by atoms with Crippen molar-refractivity contribution in [3.8, 4) is 0 Å². The predicted molar refractivity (Wildman–Crippen MR) is 62.9 cm³/mol. The van der Waals surface area contributed by atoms with Crippen molar-refractivity contribution >= 4 is 11.9 Å². The third kappa shape index (κ3) is 2.76. The van der Waals surface area contributed by atoms with Gasteiger partial charge in [-0.25, -0.2) is 4.68 Å². The smallest absolute Gasteiger partial charge is 0.322 e. The van der Waals surface area contributed by atoms with Gasteiger partial charge in [0, 0.05) is 6.20 Å². The van der Waals surface area contributed by atoms with Crippen LogP contribution in [0.2, 0.25) is 0 Å². The summed E-state index contributed by atoms with van der Waals surface area (Å²) in [5.74, 6) is 0.216. The number of amides is 1. The highest BCUT2D eigenvalue weighted by atomic mass is 16.4. The second kappa shape index (κ2) is 5.14. The Morgan fingerprint density at radius 1 is 1.58 bits per heavy atom. The van der Waals surface area contributed by atoms with Crippen LogP contribution in [0.5, 0.6) is 0 Å². The Morgan fingerprint density at radius 2 is 2.53 bits per heavy atom. The minimum atomic E-state index is -0.292. The Balaban J connectivity index is 1.59. The number of carbonyl (C=O) groups excluding carboxylic acids is 1. The minimum absolute atomic E-state index is 0.0550. The summed E-state index contributed by atoms with van der Waals surface area (Å²) < 4.78 is 6.80. The van der Waals surface area contributed by atoms with E-state index in [1.165, 1.54) is 10.9 Å². The molecule has 2 aromatic heterocycles. The van der Waals surface area contributed by atoms with Crippen LogP contribution in [0.4, 0.5) is 6.01 Å². The number of nitrogens with one attached hydrogen (secondary N) is 2. The molecule has 2 N–H and O–H groups in total. The van der Waals surface area contributed by atoms with Crippen LogP contribution in [0, 0.1) is 0 Å². The molecule has 2 aromatic rings. The fourth-order valence-electron chi connectivity index (χ4n) is 1.94. The highest BCUT2D eigenvalue weighted by molar-refractivity contribution is 5.88. The van der Waals surface area contributed by atoms with Crippen LogP contribution in [-0.4, -0.2) is 37.6 Å². The van der Waals surface area contributed by atoms with Crippen molar-refractivity contribution in [1.82, 2.24) is 30.5 Å². The molecule has 0 aliphatic carbocycles.